The Balaban J connectivity index is 0.00000126. The van der Waals surface area contributed by atoms with Gasteiger partial charge in [0, 0.05) is 22.6 Å². The van der Waals surface area contributed by atoms with E-state index in [2.05, 4.69) is 16.8 Å². The molecule has 0 saturated carbocycles. The van der Waals surface area contributed by atoms with E-state index in [1.54, 1.807) is 28.5 Å². The highest BCUT2D eigenvalue weighted by atomic mass is 32.2. The predicted octanol–water partition coefficient (Wildman–Crippen LogP) is 5.79. The Kier molecular flexibility index (Phi) is 9.15. The molecule has 6 heteroatoms. The molecule has 142 valence electrons. The van der Waals surface area contributed by atoms with Gasteiger partial charge in [-0.3, -0.25) is 9.79 Å². The molecule has 0 spiro atoms. The van der Waals surface area contributed by atoms with E-state index in [0.29, 0.717) is 5.75 Å². The highest BCUT2D eigenvalue weighted by Crippen LogP contribution is 2.32. The van der Waals surface area contributed by atoms with Crippen LogP contribution in [0, 0.1) is 0 Å². The van der Waals surface area contributed by atoms with Gasteiger partial charge in [0.05, 0.1) is 17.5 Å². The fourth-order valence-corrected chi connectivity index (χ4v) is 4.55. The second-order valence-electron chi connectivity index (χ2n) is 5.44. The second-order valence-corrected chi connectivity index (χ2v) is 7.80. The normalized spacial score (nSPS) is 15.2. The van der Waals surface area contributed by atoms with Gasteiger partial charge in [0.1, 0.15) is 0 Å². The fourth-order valence-electron chi connectivity index (χ4n) is 2.62. The van der Waals surface area contributed by atoms with Crippen molar-refractivity contribution >= 4 is 48.1 Å². The molecule has 27 heavy (non-hydrogen) atoms. The van der Waals surface area contributed by atoms with E-state index in [4.69, 9.17) is 0 Å². The van der Waals surface area contributed by atoms with Crippen LogP contribution in [0.1, 0.15) is 31.9 Å². The number of aliphatic imine (C=N–C) groups is 1. The van der Waals surface area contributed by atoms with Crippen LogP contribution in [-0.4, -0.2) is 34.7 Å². The Morgan fingerprint density at radius 3 is 2.63 bits per heavy atom. The number of nitrogens with zero attached hydrogens (tertiary/aromatic N) is 3. The molecule has 0 aliphatic carbocycles. The van der Waals surface area contributed by atoms with Crippen molar-refractivity contribution in [3.63, 3.8) is 0 Å². The fraction of sp³-hybridized carbons (Fsp3) is 0.286. The van der Waals surface area contributed by atoms with Gasteiger partial charge in [-0.15, -0.1) is 23.5 Å². The van der Waals surface area contributed by atoms with Crippen LogP contribution in [0.15, 0.2) is 69.6 Å². The summed E-state index contributed by atoms with van der Waals surface area (Å²) < 4.78 is 0. The molecular weight excluding hydrogens is 374 g/mol. The van der Waals surface area contributed by atoms with Gasteiger partial charge in [0.25, 0.3) is 5.91 Å². The molecule has 1 atom stereocenters. The van der Waals surface area contributed by atoms with Crippen LogP contribution in [0.25, 0.3) is 0 Å². The number of hydrazone groups is 1. The highest BCUT2D eigenvalue weighted by molar-refractivity contribution is 8.16. The Labute approximate surface area is 170 Å². The molecule has 0 N–H and O–H groups in total. The molecule has 4 nitrogen and oxygen atoms in total. The maximum atomic E-state index is 12.5. The zero-order chi connectivity index (χ0) is 19.5. The van der Waals surface area contributed by atoms with E-state index in [1.165, 1.54) is 0 Å². The van der Waals surface area contributed by atoms with Gasteiger partial charge in [0.15, 0.2) is 0 Å². The number of hydrogen-bond donors (Lipinski definition) is 0. The summed E-state index contributed by atoms with van der Waals surface area (Å²) >= 11 is 3.27. The molecule has 1 amide bonds. The third-order valence-electron chi connectivity index (χ3n) is 3.83. The Bertz CT molecular complexity index is 765. The van der Waals surface area contributed by atoms with E-state index in [1.807, 2.05) is 74.7 Å². The summed E-state index contributed by atoms with van der Waals surface area (Å²) in [6.07, 6.45) is 2.59. The lowest BCUT2D eigenvalue weighted by molar-refractivity contribution is -0.130. The van der Waals surface area contributed by atoms with Crippen molar-refractivity contribution in [3.05, 3.63) is 60.2 Å². The van der Waals surface area contributed by atoms with E-state index in [0.717, 1.165) is 27.7 Å². The molecule has 1 unspecified atom stereocenters. The molecular formula is C21H25N3OS2. The molecule has 0 fully saturated rings. The van der Waals surface area contributed by atoms with Crippen LogP contribution >= 0.6 is 23.5 Å². The summed E-state index contributed by atoms with van der Waals surface area (Å²) in [4.78, 5) is 17.6. The van der Waals surface area contributed by atoms with Gasteiger partial charge in [-0.2, -0.15) is 5.10 Å². The molecule has 1 heterocycles. The van der Waals surface area contributed by atoms with Crippen LogP contribution in [0.2, 0.25) is 0 Å². The minimum atomic E-state index is 0.0210. The Morgan fingerprint density at radius 1 is 1.19 bits per heavy atom. The number of carbonyl (C=O) groups is 1. The molecule has 2 aromatic carbocycles. The summed E-state index contributed by atoms with van der Waals surface area (Å²) in [6, 6.07) is 18.0. The summed E-state index contributed by atoms with van der Waals surface area (Å²) in [7, 11) is 0. The van der Waals surface area contributed by atoms with E-state index >= 15 is 0 Å². The largest absolute Gasteiger partial charge is 0.272 e. The van der Waals surface area contributed by atoms with Gasteiger partial charge >= 0.3 is 0 Å². The topological polar surface area (TPSA) is 45.0 Å². The van der Waals surface area contributed by atoms with Crippen molar-refractivity contribution in [3.8, 4) is 0 Å². The SMILES string of the molecule is C=Nc1ccccc1SCSCC(=O)N1N=CCC1c1ccccc1.CC. The standard InChI is InChI=1S/C19H19N3OS2.C2H6/c1-20-16-9-5-6-10-18(16)25-14-24-13-19(23)22-17(11-12-21-22)15-7-3-2-4-8-15;1-2/h2-10,12,17H,1,11,13-14H2;1-2H3. The number of rotatable bonds is 7. The smallest absolute Gasteiger partial charge is 0.253 e. The zero-order valence-electron chi connectivity index (χ0n) is 15.7. The van der Waals surface area contributed by atoms with Crippen LogP contribution in [0.3, 0.4) is 0 Å². The molecule has 1 aliphatic rings. The minimum Gasteiger partial charge on any atom is -0.272 e. The lowest BCUT2D eigenvalue weighted by Gasteiger charge is -2.22. The van der Waals surface area contributed by atoms with Crippen molar-refractivity contribution < 1.29 is 4.79 Å². The molecule has 0 bridgehead atoms. The number of thioether (sulfide) groups is 2. The monoisotopic (exact) mass is 399 g/mol. The molecule has 2 aromatic rings. The number of benzene rings is 2. The molecule has 0 saturated heterocycles. The number of carbonyl (C=O) groups excluding carboxylic acids is 1. The van der Waals surface area contributed by atoms with E-state index in [9.17, 15) is 4.79 Å². The van der Waals surface area contributed by atoms with Gasteiger partial charge in [0.2, 0.25) is 0 Å². The third-order valence-corrected chi connectivity index (χ3v) is 6.07. The number of hydrogen-bond acceptors (Lipinski definition) is 5. The van der Waals surface area contributed by atoms with Crippen molar-refractivity contribution in [1.29, 1.82) is 0 Å². The third kappa shape index (κ3) is 5.97. The zero-order valence-corrected chi connectivity index (χ0v) is 17.4. The Morgan fingerprint density at radius 2 is 1.89 bits per heavy atom. The van der Waals surface area contributed by atoms with Gasteiger partial charge in [-0.05, 0) is 24.4 Å². The molecule has 1 aliphatic heterocycles. The summed E-state index contributed by atoms with van der Waals surface area (Å²) in [5.74, 6) is 0.459. The lowest BCUT2D eigenvalue weighted by atomic mass is 10.0. The van der Waals surface area contributed by atoms with Crippen LogP contribution in [0.5, 0.6) is 0 Å². The lowest BCUT2D eigenvalue weighted by Crippen LogP contribution is -2.28. The van der Waals surface area contributed by atoms with Gasteiger partial charge in [-0.25, -0.2) is 5.01 Å². The highest BCUT2D eigenvalue weighted by Gasteiger charge is 2.27. The molecule has 3 rings (SSSR count). The Hall–Kier alpha value is -2.05. The van der Waals surface area contributed by atoms with Crippen LogP contribution in [0.4, 0.5) is 5.69 Å². The van der Waals surface area contributed by atoms with E-state index < -0.39 is 0 Å². The first-order chi connectivity index (χ1) is 13.3. The summed E-state index contributed by atoms with van der Waals surface area (Å²) in [6.45, 7) is 7.59. The summed E-state index contributed by atoms with van der Waals surface area (Å²) in [5, 5.41) is 6.67. The van der Waals surface area contributed by atoms with E-state index in [-0.39, 0.29) is 11.9 Å². The van der Waals surface area contributed by atoms with Crippen LogP contribution in [-0.2, 0) is 4.79 Å². The summed E-state index contributed by atoms with van der Waals surface area (Å²) in [5.41, 5.74) is 2.01. The van der Waals surface area contributed by atoms with Gasteiger partial charge in [-0.1, -0.05) is 56.3 Å². The second kappa shape index (κ2) is 11.6. The number of para-hydroxylation sites is 1. The van der Waals surface area contributed by atoms with Crippen molar-refractivity contribution in [2.45, 2.75) is 31.2 Å². The minimum absolute atomic E-state index is 0.0210. The average Bonchev–Trinajstić information content (AvgIpc) is 3.23. The molecule has 0 radical (unpaired) electrons. The first-order valence-electron chi connectivity index (χ1n) is 8.95. The maximum absolute atomic E-state index is 12.5. The van der Waals surface area contributed by atoms with Crippen molar-refractivity contribution in [2.75, 3.05) is 10.8 Å². The first kappa shape index (κ1) is 21.3. The first-order valence-corrected chi connectivity index (χ1v) is 11.1. The molecule has 0 aromatic heterocycles. The average molecular weight is 400 g/mol. The predicted molar refractivity (Wildman–Crippen MR) is 119 cm³/mol. The van der Waals surface area contributed by atoms with Crippen LogP contribution < -0.4 is 0 Å². The maximum Gasteiger partial charge on any atom is 0.253 e. The van der Waals surface area contributed by atoms with Gasteiger partial charge < -0.3 is 0 Å². The van der Waals surface area contributed by atoms with Crippen molar-refractivity contribution in [2.24, 2.45) is 10.1 Å². The quantitative estimate of drug-likeness (QED) is 0.256. The number of amides is 1. The van der Waals surface area contributed by atoms with Crippen molar-refractivity contribution in [1.82, 2.24) is 5.01 Å².